The van der Waals surface area contributed by atoms with E-state index in [0.29, 0.717) is 29.5 Å². The number of rotatable bonds is 5. The number of alkyl halides is 3. The molecule has 1 aliphatic heterocycles. The molecule has 2 aromatic carbocycles. The second-order valence-electron chi connectivity index (χ2n) is 8.93. The highest BCUT2D eigenvalue weighted by Gasteiger charge is 2.43. The first-order chi connectivity index (χ1) is 17.4. The van der Waals surface area contributed by atoms with Crippen molar-refractivity contribution in [2.45, 2.75) is 43.6 Å². The lowest BCUT2D eigenvalue weighted by molar-refractivity contribution is -0.136. The van der Waals surface area contributed by atoms with Crippen molar-refractivity contribution >= 4 is 0 Å². The van der Waals surface area contributed by atoms with Crippen LogP contribution >= 0.6 is 0 Å². The molecule has 0 unspecified atom stereocenters. The zero-order chi connectivity index (χ0) is 24.9. The van der Waals surface area contributed by atoms with Crippen LogP contribution in [0.1, 0.15) is 36.5 Å². The monoisotopic (exact) mass is 498 g/mol. The van der Waals surface area contributed by atoms with Crippen LogP contribution in [-0.4, -0.2) is 39.1 Å². The second kappa shape index (κ2) is 8.75. The summed E-state index contributed by atoms with van der Waals surface area (Å²) in [5.74, 6) is -0.600. The van der Waals surface area contributed by atoms with Crippen molar-refractivity contribution in [1.82, 2.24) is 20.6 Å². The van der Waals surface area contributed by atoms with E-state index in [2.05, 4.69) is 20.6 Å². The highest BCUT2D eigenvalue weighted by molar-refractivity contribution is 5.71. The molecule has 2 atom stereocenters. The molecule has 0 amide bonds. The van der Waals surface area contributed by atoms with Crippen molar-refractivity contribution < 1.29 is 32.1 Å². The highest BCUT2D eigenvalue weighted by atomic mass is 19.4. The van der Waals surface area contributed by atoms with Gasteiger partial charge >= 0.3 is 6.18 Å². The summed E-state index contributed by atoms with van der Waals surface area (Å²) >= 11 is 0. The van der Waals surface area contributed by atoms with Crippen LogP contribution in [0.4, 0.5) is 13.2 Å². The van der Waals surface area contributed by atoms with Gasteiger partial charge in [-0.2, -0.15) is 18.2 Å². The van der Waals surface area contributed by atoms with Crippen molar-refractivity contribution in [3.63, 3.8) is 0 Å². The minimum Gasteiger partial charge on any atom is -0.491 e. The second-order valence-corrected chi connectivity index (χ2v) is 8.93. The Hall–Kier alpha value is -3.70. The Bertz CT molecular complexity index is 1380. The molecule has 1 aliphatic carbocycles. The van der Waals surface area contributed by atoms with E-state index >= 15 is 0 Å². The maximum absolute atomic E-state index is 14.0. The van der Waals surface area contributed by atoms with Gasteiger partial charge in [0, 0.05) is 22.7 Å². The highest BCUT2D eigenvalue weighted by Crippen LogP contribution is 2.43. The number of halogens is 3. The summed E-state index contributed by atoms with van der Waals surface area (Å²) < 4.78 is 58.0. The summed E-state index contributed by atoms with van der Waals surface area (Å²) in [6.45, 7) is 0.293. The summed E-state index contributed by atoms with van der Waals surface area (Å²) in [6.07, 6.45) is -2.16. The maximum atomic E-state index is 14.0. The predicted octanol–water partition coefficient (Wildman–Crippen LogP) is 5.01. The predicted molar refractivity (Wildman–Crippen MR) is 121 cm³/mol. The molecule has 2 N–H and O–H groups in total. The van der Waals surface area contributed by atoms with E-state index in [4.69, 9.17) is 13.8 Å². The van der Waals surface area contributed by atoms with Crippen molar-refractivity contribution in [3.8, 4) is 40.0 Å². The molecule has 1 fully saturated rings. The average Bonchev–Trinajstić information content (AvgIpc) is 3.50. The van der Waals surface area contributed by atoms with Gasteiger partial charge < -0.3 is 24.2 Å². The normalized spacial score (nSPS) is 20.0. The van der Waals surface area contributed by atoms with Crippen LogP contribution in [-0.2, 0) is 6.18 Å². The summed E-state index contributed by atoms with van der Waals surface area (Å²) in [4.78, 5) is 4.13. The molecule has 186 valence electrons. The van der Waals surface area contributed by atoms with Crippen LogP contribution in [0.3, 0.4) is 0 Å². The Balaban J connectivity index is 1.30. The third kappa shape index (κ3) is 4.03. The number of ether oxygens (including phenoxy) is 1. The van der Waals surface area contributed by atoms with Gasteiger partial charge in [-0.05, 0) is 18.9 Å². The van der Waals surface area contributed by atoms with Crippen molar-refractivity contribution in [2.75, 3.05) is 6.61 Å². The number of nitrogens with zero attached hydrogens (tertiary/aromatic N) is 3. The molecule has 1 saturated carbocycles. The maximum Gasteiger partial charge on any atom is 0.422 e. The summed E-state index contributed by atoms with van der Waals surface area (Å²) in [5.41, 5.74) is -0.134. The largest absolute Gasteiger partial charge is 0.491 e. The Morgan fingerprint density at radius 2 is 1.78 bits per heavy atom. The van der Waals surface area contributed by atoms with Crippen molar-refractivity contribution in [1.29, 1.82) is 0 Å². The fourth-order valence-electron chi connectivity index (χ4n) is 4.47. The molecule has 2 aromatic heterocycles. The van der Waals surface area contributed by atoms with E-state index in [1.165, 1.54) is 18.6 Å². The molecule has 11 heteroatoms. The van der Waals surface area contributed by atoms with Gasteiger partial charge in [0.15, 0.2) is 0 Å². The first-order valence-electron chi connectivity index (χ1n) is 11.6. The molecule has 0 bridgehead atoms. The third-order valence-electron chi connectivity index (χ3n) is 6.59. The standard InChI is InChI=1S/C25H21F3N4O4/c26-25(27,28)19-20(13-5-2-1-3-6-13)31-35-22(19)24-30-23(32-36-24)14-9-10-16-18(11-14)34-12-17(21(16)33)29-15-7-4-8-15/h1-3,5-6,9-11,15,17,21,29,33H,4,7-8,12H2/t17-,21-/m0/s1. The Morgan fingerprint density at radius 1 is 0.972 bits per heavy atom. The van der Waals surface area contributed by atoms with Gasteiger partial charge in [-0.25, -0.2) is 0 Å². The quantitative estimate of drug-likeness (QED) is 0.395. The van der Waals surface area contributed by atoms with Gasteiger partial charge in [-0.15, -0.1) is 0 Å². The van der Waals surface area contributed by atoms with Crippen LogP contribution in [0.5, 0.6) is 5.75 Å². The minimum atomic E-state index is -4.77. The van der Waals surface area contributed by atoms with E-state index in [9.17, 15) is 18.3 Å². The molecule has 6 rings (SSSR count). The van der Waals surface area contributed by atoms with E-state index in [-0.39, 0.29) is 23.1 Å². The third-order valence-corrected chi connectivity index (χ3v) is 6.59. The zero-order valence-corrected chi connectivity index (χ0v) is 18.8. The number of nitrogens with one attached hydrogen (secondary N) is 1. The van der Waals surface area contributed by atoms with Gasteiger partial charge in [0.05, 0.1) is 6.04 Å². The van der Waals surface area contributed by atoms with Gasteiger partial charge in [0.25, 0.3) is 5.89 Å². The molecule has 36 heavy (non-hydrogen) atoms. The molecule has 0 saturated heterocycles. The van der Waals surface area contributed by atoms with Gasteiger partial charge in [-0.1, -0.05) is 59.2 Å². The summed E-state index contributed by atoms with van der Waals surface area (Å²) in [6, 6.07) is 13.1. The molecule has 4 aromatic rings. The number of aromatic nitrogens is 3. The SMILES string of the molecule is O[C@H]1c2ccc(-c3noc(-c4onc(-c5ccccc5)c4C(F)(F)F)n3)cc2OC[C@@H]1NC1CCC1. The van der Waals surface area contributed by atoms with Crippen molar-refractivity contribution in [2.24, 2.45) is 0 Å². The van der Waals surface area contributed by atoms with Gasteiger partial charge in [-0.3, -0.25) is 0 Å². The molecular formula is C25H21F3N4O4. The Kier molecular flexibility index (Phi) is 5.53. The van der Waals surface area contributed by atoms with Crippen molar-refractivity contribution in [3.05, 3.63) is 59.7 Å². The molecule has 0 radical (unpaired) electrons. The van der Waals surface area contributed by atoms with Gasteiger partial charge in [0.1, 0.15) is 29.7 Å². The Labute approximate surface area is 203 Å². The van der Waals surface area contributed by atoms with E-state index in [0.717, 1.165) is 12.8 Å². The molecule has 3 heterocycles. The van der Waals surface area contributed by atoms with Gasteiger partial charge in [0.2, 0.25) is 11.6 Å². The number of aliphatic hydroxyl groups excluding tert-OH is 1. The van der Waals surface area contributed by atoms with E-state index in [1.54, 1.807) is 36.4 Å². The lowest BCUT2D eigenvalue weighted by atomic mass is 9.90. The number of benzene rings is 2. The van der Waals surface area contributed by atoms with Crippen LogP contribution in [0.2, 0.25) is 0 Å². The van der Waals surface area contributed by atoms with Crippen LogP contribution in [0.15, 0.2) is 57.6 Å². The number of fused-ring (bicyclic) bond motifs is 1. The molecule has 2 aliphatic rings. The average molecular weight is 498 g/mol. The number of hydrogen-bond acceptors (Lipinski definition) is 8. The fraction of sp³-hybridized carbons (Fsp3) is 0.320. The van der Waals surface area contributed by atoms with Crippen LogP contribution in [0, 0.1) is 0 Å². The van der Waals surface area contributed by atoms with Crippen LogP contribution in [0.25, 0.3) is 34.3 Å². The van der Waals surface area contributed by atoms with E-state index < -0.39 is 29.5 Å². The zero-order valence-electron chi connectivity index (χ0n) is 18.8. The molecular weight excluding hydrogens is 477 g/mol. The summed E-state index contributed by atoms with van der Waals surface area (Å²) in [7, 11) is 0. The Morgan fingerprint density at radius 3 is 2.50 bits per heavy atom. The topological polar surface area (TPSA) is 106 Å². The minimum absolute atomic E-state index is 0.0476. The number of aliphatic hydroxyl groups is 1. The molecule has 0 spiro atoms. The number of hydrogen-bond donors (Lipinski definition) is 2. The smallest absolute Gasteiger partial charge is 0.422 e. The summed E-state index contributed by atoms with van der Waals surface area (Å²) in [5, 5.41) is 21.7. The lowest BCUT2D eigenvalue weighted by Crippen LogP contribution is -2.49. The lowest BCUT2D eigenvalue weighted by Gasteiger charge is -2.36. The first kappa shape index (κ1) is 22.7. The fourth-order valence-corrected chi connectivity index (χ4v) is 4.47. The van der Waals surface area contributed by atoms with E-state index in [1.807, 2.05) is 0 Å². The first-order valence-corrected chi connectivity index (χ1v) is 11.6. The van der Waals surface area contributed by atoms with Crippen LogP contribution < -0.4 is 10.1 Å². The molecule has 8 nitrogen and oxygen atoms in total.